The molecule has 0 saturated carbocycles. The third-order valence-electron chi connectivity index (χ3n) is 4.51. The van der Waals surface area contributed by atoms with Crippen LogP contribution < -0.4 is 4.72 Å². The largest absolute Gasteiger partial charge is 0.263 e. The lowest BCUT2D eigenvalue weighted by Crippen LogP contribution is -2.41. The summed E-state index contributed by atoms with van der Waals surface area (Å²) in [6.07, 6.45) is 3.89. The molecule has 0 bridgehead atoms. The van der Waals surface area contributed by atoms with Crippen LogP contribution >= 0.6 is 0 Å². The van der Waals surface area contributed by atoms with Gasteiger partial charge in [0.25, 0.3) is 0 Å². The zero-order valence-electron chi connectivity index (χ0n) is 14.5. The van der Waals surface area contributed by atoms with E-state index in [1.54, 1.807) is 6.07 Å². The van der Waals surface area contributed by atoms with E-state index in [0.717, 1.165) is 6.07 Å². The Kier molecular flexibility index (Phi) is 5.89. The number of hydrogen-bond acceptors (Lipinski definition) is 5. The van der Waals surface area contributed by atoms with Crippen molar-refractivity contribution in [3.8, 4) is 0 Å². The Bertz CT molecular complexity index is 990. The Morgan fingerprint density at radius 2 is 1.78 bits per heavy atom. The first-order valence-electron chi connectivity index (χ1n) is 8.44. The topological polar surface area (TPSA) is 96.4 Å². The average Bonchev–Trinajstić information content (AvgIpc) is 2.67. The summed E-state index contributed by atoms with van der Waals surface area (Å²) >= 11 is 0. The van der Waals surface area contributed by atoms with Gasteiger partial charge in [0.2, 0.25) is 20.0 Å². The van der Waals surface area contributed by atoms with Gasteiger partial charge in [0.05, 0.1) is 4.90 Å². The predicted octanol–water partition coefficient (Wildman–Crippen LogP) is 1.60. The molecule has 10 heteroatoms. The molecule has 0 radical (unpaired) electrons. The molecule has 0 aliphatic carbocycles. The lowest BCUT2D eigenvalue weighted by molar-refractivity contribution is 0.274. The molecule has 7 nitrogen and oxygen atoms in total. The second kappa shape index (κ2) is 8.01. The highest BCUT2D eigenvalue weighted by atomic mass is 32.2. The number of hydrogen-bond donors (Lipinski definition) is 1. The van der Waals surface area contributed by atoms with Crippen molar-refractivity contribution in [2.45, 2.75) is 22.6 Å². The molecule has 0 atom stereocenters. The molecule has 146 valence electrons. The maximum atomic E-state index is 13.2. The Labute approximate surface area is 158 Å². The van der Waals surface area contributed by atoms with E-state index in [0.29, 0.717) is 25.9 Å². The Balaban J connectivity index is 1.57. The summed E-state index contributed by atoms with van der Waals surface area (Å²) in [6.45, 7) is 0.798. The lowest BCUT2D eigenvalue weighted by Gasteiger charge is -2.31. The van der Waals surface area contributed by atoms with Crippen molar-refractivity contribution in [3.05, 3.63) is 54.6 Å². The Morgan fingerprint density at radius 1 is 1.07 bits per heavy atom. The first kappa shape index (κ1) is 19.9. The summed E-state index contributed by atoms with van der Waals surface area (Å²) < 4.78 is 66.7. The Hall–Kier alpha value is -1.88. The SMILES string of the molecule is O=S(=O)(NCC1CCN(S(=O)(=O)c2cccnc2)CC1)c1cccc(F)c1. The van der Waals surface area contributed by atoms with Gasteiger partial charge in [0.15, 0.2) is 0 Å². The van der Waals surface area contributed by atoms with Gasteiger partial charge in [-0.05, 0) is 49.1 Å². The minimum atomic E-state index is -3.80. The number of benzene rings is 1. The van der Waals surface area contributed by atoms with Crippen LogP contribution in [0.15, 0.2) is 58.6 Å². The van der Waals surface area contributed by atoms with Crippen molar-refractivity contribution in [1.82, 2.24) is 14.0 Å². The van der Waals surface area contributed by atoms with Crippen LogP contribution in [0.3, 0.4) is 0 Å². The zero-order chi connectivity index (χ0) is 19.5. The van der Waals surface area contributed by atoms with E-state index in [2.05, 4.69) is 9.71 Å². The number of piperidine rings is 1. The summed E-state index contributed by atoms with van der Waals surface area (Å²) in [5.74, 6) is -0.611. The summed E-state index contributed by atoms with van der Waals surface area (Å²) in [5.41, 5.74) is 0. The molecule has 0 spiro atoms. The van der Waals surface area contributed by atoms with Crippen molar-refractivity contribution in [3.63, 3.8) is 0 Å². The fourth-order valence-electron chi connectivity index (χ4n) is 2.95. The third-order valence-corrected chi connectivity index (χ3v) is 7.82. The van der Waals surface area contributed by atoms with E-state index in [-0.39, 0.29) is 22.3 Å². The van der Waals surface area contributed by atoms with Crippen LogP contribution in [0.1, 0.15) is 12.8 Å². The fraction of sp³-hybridized carbons (Fsp3) is 0.353. The molecule has 1 aliphatic rings. The number of nitrogens with zero attached hydrogens (tertiary/aromatic N) is 2. The van der Waals surface area contributed by atoms with Gasteiger partial charge in [-0.25, -0.2) is 25.9 Å². The number of sulfonamides is 2. The highest BCUT2D eigenvalue weighted by Gasteiger charge is 2.30. The van der Waals surface area contributed by atoms with Gasteiger partial charge in [-0.3, -0.25) is 4.98 Å². The van der Waals surface area contributed by atoms with Crippen molar-refractivity contribution in [2.75, 3.05) is 19.6 Å². The van der Waals surface area contributed by atoms with Crippen LogP contribution in [0.2, 0.25) is 0 Å². The van der Waals surface area contributed by atoms with E-state index in [1.807, 2.05) is 0 Å². The number of rotatable bonds is 6. The van der Waals surface area contributed by atoms with Crippen LogP contribution in [0, 0.1) is 11.7 Å². The molecule has 1 aliphatic heterocycles. The molecule has 1 aromatic carbocycles. The molecular formula is C17H20FN3O4S2. The average molecular weight is 413 g/mol. The minimum absolute atomic E-state index is 0.00804. The van der Waals surface area contributed by atoms with E-state index < -0.39 is 25.9 Å². The second-order valence-corrected chi connectivity index (χ2v) is 10.1. The fourth-order valence-corrected chi connectivity index (χ4v) is 5.53. The number of halogens is 1. The first-order chi connectivity index (χ1) is 12.8. The normalized spacial score (nSPS) is 17.1. The minimum Gasteiger partial charge on any atom is -0.263 e. The predicted molar refractivity (Wildman–Crippen MR) is 97.3 cm³/mol. The van der Waals surface area contributed by atoms with Crippen LogP contribution in [0.5, 0.6) is 0 Å². The van der Waals surface area contributed by atoms with Gasteiger partial charge in [-0.1, -0.05) is 6.07 Å². The quantitative estimate of drug-likeness (QED) is 0.776. The van der Waals surface area contributed by atoms with E-state index >= 15 is 0 Å². The molecule has 3 rings (SSSR count). The van der Waals surface area contributed by atoms with Crippen molar-refractivity contribution in [2.24, 2.45) is 5.92 Å². The van der Waals surface area contributed by atoms with Gasteiger partial charge in [0, 0.05) is 32.0 Å². The van der Waals surface area contributed by atoms with Gasteiger partial charge in [0.1, 0.15) is 10.7 Å². The van der Waals surface area contributed by atoms with Crippen molar-refractivity contribution in [1.29, 1.82) is 0 Å². The molecule has 2 aromatic rings. The first-order valence-corrected chi connectivity index (χ1v) is 11.4. The molecule has 0 unspecified atom stereocenters. The monoisotopic (exact) mass is 413 g/mol. The summed E-state index contributed by atoms with van der Waals surface area (Å²) in [7, 11) is -7.38. The highest BCUT2D eigenvalue weighted by molar-refractivity contribution is 7.89. The smallest absolute Gasteiger partial charge is 0.244 e. The molecule has 0 amide bonds. The summed E-state index contributed by atoms with van der Waals surface area (Å²) in [6, 6.07) is 7.88. The Morgan fingerprint density at radius 3 is 2.41 bits per heavy atom. The van der Waals surface area contributed by atoms with Crippen LogP contribution in [-0.4, -0.2) is 45.8 Å². The van der Waals surface area contributed by atoms with Crippen molar-refractivity contribution >= 4 is 20.0 Å². The maximum absolute atomic E-state index is 13.2. The van der Waals surface area contributed by atoms with Gasteiger partial charge < -0.3 is 0 Å². The van der Waals surface area contributed by atoms with Crippen molar-refractivity contribution < 1.29 is 21.2 Å². The number of aromatic nitrogens is 1. The summed E-state index contributed by atoms with van der Waals surface area (Å²) in [5, 5.41) is 0. The molecule has 1 saturated heterocycles. The van der Waals surface area contributed by atoms with E-state index in [1.165, 1.54) is 41.0 Å². The van der Waals surface area contributed by atoms with E-state index in [9.17, 15) is 21.2 Å². The number of pyridine rings is 1. The highest BCUT2D eigenvalue weighted by Crippen LogP contribution is 2.23. The lowest BCUT2D eigenvalue weighted by atomic mass is 9.99. The molecule has 2 heterocycles. The van der Waals surface area contributed by atoms with Crippen LogP contribution in [0.4, 0.5) is 4.39 Å². The molecule has 27 heavy (non-hydrogen) atoms. The molecular weight excluding hydrogens is 393 g/mol. The second-order valence-electron chi connectivity index (χ2n) is 6.35. The van der Waals surface area contributed by atoms with Gasteiger partial charge in [-0.15, -0.1) is 0 Å². The molecule has 1 aromatic heterocycles. The number of nitrogens with one attached hydrogen (secondary N) is 1. The van der Waals surface area contributed by atoms with Gasteiger partial charge in [-0.2, -0.15) is 4.31 Å². The molecule has 1 N–H and O–H groups in total. The van der Waals surface area contributed by atoms with E-state index in [4.69, 9.17) is 0 Å². The van der Waals surface area contributed by atoms with Gasteiger partial charge >= 0.3 is 0 Å². The third kappa shape index (κ3) is 4.70. The summed E-state index contributed by atoms with van der Waals surface area (Å²) in [4.78, 5) is 3.87. The van der Waals surface area contributed by atoms with Crippen LogP contribution in [0.25, 0.3) is 0 Å². The standard InChI is InChI=1S/C17H20FN3O4S2/c18-15-3-1-4-16(11-15)26(22,23)20-12-14-6-9-21(10-7-14)27(24,25)17-5-2-8-19-13-17/h1-5,8,11,13-14,20H,6-7,9-10,12H2. The molecule has 1 fully saturated rings. The maximum Gasteiger partial charge on any atom is 0.244 e. The zero-order valence-corrected chi connectivity index (χ0v) is 16.1. The van der Waals surface area contributed by atoms with Crippen LogP contribution in [-0.2, 0) is 20.0 Å².